The van der Waals surface area contributed by atoms with Gasteiger partial charge in [0.05, 0.1) is 7.11 Å². The molecular weight excluding hydrogens is 248 g/mol. The highest BCUT2D eigenvalue weighted by Crippen LogP contribution is 2.20. The van der Waals surface area contributed by atoms with E-state index < -0.39 is 0 Å². The first kappa shape index (κ1) is 14.3. The minimum atomic E-state index is 0.0544. The van der Waals surface area contributed by atoms with Crippen LogP contribution in [0.2, 0.25) is 0 Å². The van der Waals surface area contributed by atoms with Crippen LogP contribution in [0.15, 0.2) is 42.5 Å². The Labute approximate surface area is 120 Å². The first-order valence-electron chi connectivity index (χ1n) is 6.94. The average Bonchev–Trinajstić information content (AvgIpc) is 2.47. The second-order valence-corrected chi connectivity index (χ2v) is 4.96. The van der Waals surface area contributed by atoms with Gasteiger partial charge < -0.3 is 4.74 Å². The third kappa shape index (κ3) is 3.08. The number of rotatable bonds is 5. The van der Waals surface area contributed by atoms with E-state index in [4.69, 9.17) is 4.74 Å². The molecule has 0 aromatic heterocycles. The summed E-state index contributed by atoms with van der Waals surface area (Å²) < 4.78 is 5.22. The summed E-state index contributed by atoms with van der Waals surface area (Å²) in [6.45, 7) is 4.10. The highest BCUT2D eigenvalue weighted by molar-refractivity contribution is 6.09. The monoisotopic (exact) mass is 268 g/mol. The van der Waals surface area contributed by atoms with E-state index in [-0.39, 0.29) is 5.78 Å². The molecule has 104 valence electrons. The van der Waals surface area contributed by atoms with Gasteiger partial charge in [0.2, 0.25) is 0 Å². The lowest BCUT2D eigenvalue weighted by Gasteiger charge is -2.07. The van der Waals surface area contributed by atoms with Crippen LogP contribution in [0, 0.1) is 6.92 Å². The lowest BCUT2D eigenvalue weighted by Crippen LogP contribution is -2.02. The van der Waals surface area contributed by atoms with Gasteiger partial charge in [-0.15, -0.1) is 0 Å². The van der Waals surface area contributed by atoms with Gasteiger partial charge in [-0.2, -0.15) is 0 Å². The normalized spacial score (nSPS) is 10.3. The van der Waals surface area contributed by atoms with E-state index >= 15 is 0 Å². The summed E-state index contributed by atoms with van der Waals surface area (Å²) in [5.74, 6) is 0.860. The molecule has 2 rings (SSSR count). The largest absolute Gasteiger partial charge is 0.496 e. The average molecular weight is 268 g/mol. The number of hydrogen-bond acceptors (Lipinski definition) is 2. The van der Waals surface area contributed by atoms with Crippen LogP contribution < -0.4 is 4.74 Å². The Morgan fingerprint density at radius 1 is 1.05 bits per heavy atom. The van der Waals surface area contributed by atoms with Crippen molar-refractivity contribution in [2.24, 2.45) is 0 Å². The molecular formula is C18H20O2. The van der Waals surface area contributed by atoms with E-state index in [2.05, 4.69) is 6.92 Å². The van der Waals surface area contributed by atoms with Crippen molar-refractivity contribution < 1.29 is 9.53 Å². The van der Waals surface area contributed by atoms with E-state index in [1.165, 1.54) is 5.56 Å². The van der Waals surface area contributed by atoms with Crippen LogP contribution in [0.3, 0.4) is 0 Å². The lowest BCUT2D eigenvalue weighted by molar-refractivity contribution is 0.103. The zero-order valence-corrected chi connectivity index (χ0v) is 12.3. The van der Waals surface area contributed by atoms with Crippen molar-refractivity contribution in [3.63, 3.8) is 0 Å². The molecule has 0 atom stereocenters. The first-order valence-corrected chi connectivity index (χ1v) is 6.94. The van der Waals surface area contributed by atoms with Gasteiger partial charge in [0, 0.05) is 11.1 Å². The summed E-state index contributed by atoms with van der Waals surface area (Å²) in [6, 6.07) is 13.4. The predicted octanol–water partition coefficient (Wildman–Crippen LogP) is 4.19. The number of carbonyl (C=O) groups is 1. The van der Waals surface area contributed by atoms with Crippen molar-refractivity contribution in [3.05, 3.63) is 64.7 Å². The van der Waals surface area contributed by atoms with Crippen molar-refractivity contribution in [1.29, 1.82) is 0 Å². The molecule has 0 spiro atoms. The Kier molecular flexibility index (Phi) is 4.57. The van der Waals surface area contributed by atoms with E-state index in [0.29, 0.717) is 5.56 Å². The van der Waals surface area contributed by atoms with Crippen molar-refractivity contribution >= 4 is 5.78 Å². The number of ketones is 1. The molecule has 2 aromatic rings. The Hall–Kier alpha value is -2.09. The maximum absolute atomic E-state index is 12.4. The smallest absolute Gasteiger partial charge is 0.193 e. The van der Waals surface area contributed by atoms with Gasteiger partial charge in [-0.3, -0.25) is 4.79 Å². The number of ether oxygens (including phenoxy) is 1. The summed E-state index contributed by atoms with van der Waals surface area (Å²) in [7, 11) is 1.64. The fourth-order valence-electron chi connectivity index (χ4n) is 2.30. The SMILES string of the molecule is CCCc1ccc(C(=O)c2ccc(OC)c(C)c2)cc1. The van der Waals surface area contributed by atoms with Gasteiger partial charge in [0.25, 0.3) is 0 Å². The summed E-state index contributed by atoms with van der Waals surface area (Å²) in [4.78, 5) is 12.4. The van der Waals surface area contributed by atoms with Crippen molar-refractivity contribution in [2.45, 2.75) is 26.7 Å². The van der Waals surface area contributed by atoms with Crippen LogP contribution >= 0.6 is 0 Å². The lowest BCUT2D eigenvalue weighted by atomic mass is 9.99. The highest BCUT2D eigenvalue weighted by Gasteiger charge is 2.10. The molecule has 0 fully saturated rings. The summed E-state index contributed by atoms with van der Waals surface area (Å²) in [6.07, 6.45) is 2.17. The predicted molar refractivity (Wildman–Crippen MR) is 81.6 cm³/mol. The molecule has 2 nitrogen and oxygen atoms in total. The quantitative estimate of drug-likeness (QED) is 0.760. The third-order valence-corrected chi connectivity index (χ3v) is 3.41. The molecule has 0 amide bonds. The third-order valence-electron chi connectivity index (χ3n) is 3.41. The Bertz CT molecular complexity index is 597. The molecule has 0 aliphatic rings. The van der Waals surface area contributed by atoms with Crippen LogP contribution in [0.5, 0.6) is 5.75 Å². The van der Waals surface area contributed by atoms with E-state index in [9.17, 15) is 4.79 Å². The Morgan fingerprint density at radius 3 is 2.25 bits per heavy atom. The Morgan fingerprint density at radius 2 is 1.70 bits per heavy atom. The molecule has 0 heterocycles. The van der Waals surface area contributed by atoms with Gasteiger partial charge in [-0.05, 0) is 42.7 Å². The summed E-state index contributed by atoms with van der Waals surface area (Å²) in [5, 5.41) is 0. The van der Waals surface area contributed by atoms with Crippen LogP contribution in [-0.2, 0) is 6.42 Å². The summed E-state index contributed by atoms with van der Waals surface area (Å²) in [5.41, 5.74) is 3.68. The highest BCUT2D eigenvalue weighted by atomic mass is 16.5. The van der Waals surface area contributed by atoms with E-state index in [1.807, 2.05) is 49.4 Å². The Balaban J connectivity index is 2.24. The van der Waals surface area contributed by atoms with Gasteiger partial charge in [-0.1, -0.05) is 37.6 Å². The standard InChI is InChI=1S/C18H20O2/c1-4-5-14-6-8-15(9-7-14)18(19)16-10-11-17(20-3)13(2)12-16/h6-12H,4-5H2,1-3H3. The van der Waals surface area contributed by atoms with Gasteiger partial charge in [0.1, 0.15) is 5.75 Å². The zero-order chi connectivity index (χ0) is 14.5. The molecule has 0 bridgehead atoms. The molecule has 20 heavy (non-hydrogen) atoms. The number of benzene rings is 2. The van der Waals surface area contributed by atoms with E-state index in [0.717, 1.165) is 29.7 Å². The number of methoxy groups -OCH3 is 1. The molecule has 0 radical (unpaired) electrons. The molecule has 2 aromatic carbocycles. The number of carbonyl (C=O) groups excluding carboxylic acids is 1. The first-order chi connectivity index (χ1) is 9.65. The van der Waals surface area contributed by atoms with E-state index in [1.54, 1.807) is 7.11 Å². The van der Waals surface area contributed by atoms with Crippen LogP contribution in [0.1, 0.15) is 40.4 Å². The molecule has 0 aliphatic heterocycles. The fourth-order valence-corrected chi connectivity index (χ4v) is 2.30. The second kappa shape index (κ2) is 6.38. The molecule has 2 heteroatoms. The van der Waals surface area contributed by atoms with Gasteiger partial charge in [0.15, 0.2) is 5.78 Å². The molecule has 0 saturated carbocycles. The minimum Gasteiger partial charge on any atom is -0.496 e. The molecule has 0 unspecified atom stereocenters. The van der Waals surface area contributed by atoms with Crippen molar-refractivity contribution in [2.75, 3.05) is 7.11 Å². The van der Waals surface area contributed by atoms with Gasteiger partial charge in [-0.25, -0.2) is 0 Å². The maximum atomic E-state index is 12.4. The van der Waals surface area contributed by atoms with Crippen LogP contribution in [0.25, 0.3) is 0 Å². The molecule has 0 N–H and O–H groups in total. The van der Waals surface area contributed by atoms with Crippen molar-refractivity contribution in [1.82, 2.24) is 0 Å². The zero-order valence-electron chi connectivity index (χ0n) is 12.3. The molecule has 0 aliphatic carbocycles. The molecule has 0 saturated heterocycles. The second-order valence-electron chi connectivity index (χ2n) is 4.96. The topological polar surface area (TPSA) is 26.3 Å². The number of hydrogen-bond donors (Lipinski definition) is 0. The number of aryl methyl sites for hydroxylation is 2. The maximum Gasteiger partial charge on any atom is 0.193 e. The summed E-state index contributed by atoms with van der Waals surface area (Å²) >= 11 is 0. The van der Waals surface area contributed by atoms with Gasteiger partial charge >= 0.3 is 0 Å². The van der Waals surface area contributed by atoms with Crippen LogP contribution in [-0.4, -0.2) is 12.9 Å². The fraction of sp³-hybridized carbons (Fsp3) is 0.278. The van der Waals surface area contributed by atoms with Crippen molar-refractivity contribution in [3.8, 4) is 5.75 Å². The minimum absolute atomic E-state index is 0.0544. The van der Waals surface area contributed by atoms with Crippen LogP contribution in [0.4, 0.5) is 0 Å².